The number of aromatic nitrogens is 2. The Hall–Kier alpha value is -4.46. The van der Waals surface area contributed by atoms with Gasteiger partial charge in [0.25, 0.3) is 5.91 Å². The van der Waals surface area contributed by atoms with Crippen LogP contribution in [0.4, 0.5) is 13.2 Å². The summed E-state index contributed by atoms with van der Waals surface area (Å²) in [6.07, 6.45) is 0. The first-order valence-electron chi connectivity index (χ1n) is 10.5. The van der Waals surface area contributed by atoms with Gasteiger partial charge in [0.05, 0.1) is 17.2 Å². The van der Waals surface area contributed by atoms with Crippen molar-refractivity contribution in [1.29, 1.82) is 0 Å². The van der Waals surface area contributed by atoms with Gasteiger partial charge in [-0.05, 0) is 55.3 Å². The number of carboxylic acids is 1. The first kappa shape index (κ1) is 23.7. The minimum absolute atomic E-state index is 0.0394. The van der Waals surface area contributed by atoms with Gasteiger partial charge >= 0.3 is 0 Å². The Balaban J connectivity index is 1.97. The molecule has 0 amide bonds. The van der Waals surface area contributed by atoms with E-state index >= 15 is 4.39 Å². The number of imidazole rings is 1. The third-order valence-corrected chi connectivity index (χ3v) is 5.70. The summed E-state index contributed by atoms with van der Waals surface area (Å²) in [5.41, 5.74) is -0.174. The molecule has 0 N–H and O–H groups in total. The zero-order valence-corrected chi connectivity index (χ0v) is 18.7. The van der Waals surface area contributed by atoms with E-state index in [1.54, 1.807) is 13.8 Å². The first-order valence-corrected chi connectivity index (χ1v) is 10.5. The van der Waals surface area contributed by atoms with Gasteiger partial charge in [0.2, 0.25) is 0 Å². The van der Waals surface area contributed by atoms with E-state index < -0.39 is 40.5 Å². The summed E-state index contributed by atoms with van der Waals surface area (Å²) in [5, 5.41) is 11.9. The Morgan fingerprint density at radius 3 is 2.06 bits per heavy atom. The molecule has 176 valence electrons. The molecule has 0 saturated carbocycles. The molecular formula is C27H18F3N2O3-. The number of halogens is 3. The smallest absolute Gasteiger partial charge is 0.263 e. The molecule has 0 bridgehead atoms. The average molecular weight is 475 g/mol. The normalized spacial score (nSPS) is 10.9. The fourth-order valence-electron chi connectivity index (χ4n) is 3.81. The van der Waals surface area contributed by atoms with Gasteiger partial charge in [0.1, 0.15) is 17.5 Å². The van der Waals surface area contributed by atoms with Crippen molar-refractivity contribution in [2.24, 2.45) is 0 Å². The monoisotopic (exact) mass is 475 g/mol. The van der Waals surface area contributed by atoms with Crippen LogP contribution in [0, 0.1) is 31.3 Å². The van der Waals surface area contributed by atoms with Crippen molar-refractivity contribution in [2.45, 2.75) is 13.8 Å². The third-order valence-electron chi connectivity index (χ3n) is 5.70. The molecular weight excluding hydrogens is 457 g/mol. The highest BCUT2D eigenvalue weighted by Crippen LogP contribution is 2.34. The molecule has 1 heterocycles. The molecule has 0 saturated heterocycles. The summed E-state index contributed by atoms with van der Waals surface area (Å²) in [4.78, 5) is 29.5. The van der Waals surface area contributed by atoms with Crippen molar-refractivity contribution in [3.05, 3.63) is 118 Å². The van der Waals surface area contributed by atoms with E-state index in [9.17, 15) is 23.5 Å². The molecule has 5 nitrogen and oxygen atoms in total. The number of nitrogens with zero attached hydrogens (tertiary/aromatic N) is 2. The van der Waals surface area contributed by atoms with Crippen molar-refractivity contribution < 1.29 is 27.9 Å². The van der Waals surface area contributed by atoms with Crippen LogP contribution in [0.25, 0.3) is 17.0 Å². The van der Waals surface area contributed by atoms with Crippen LogP contribution in [-0.2, 0) is 0 Å². The maximum absolute atomic E-state index is 16.0. The highest BCUT2D eigenvalue weighted by molar-refractivity contribution is 6.01. The Morgan fingerprint density at radius 2 is 1.46 bits per heavy atom. The Kier molecular flexibility index (Phi) is 6.13. The molecule has 0 radical (unpaired) electrons. The molecule has 3 aromatic carbocycles. The van der Waals surface area contributed by atoms with Gasteiger partial charge in [-0.3, -0.25) is 9.36 Å². The van der Waals surface area contributed by atoms with Gasteiger partial charge in [-0.25, -0.2) is 18.2 Å². The van der Waals surface area contributed by atoms with E-state index in [0.29, 0.717) is 11.4 Å². The second-order valence-corrected chi connectivity index (χ2v) is 7.88. The molecule has 4 aromatic rings. The number of aryl methyl sites for hydroxylation is 1. The number of hydrogen-bond acceptors (Lipinski definition) is 4. The fourth-order valence-corrected chi connectivity index (χ4v) is 3.81. The number of hydrogen-bond donors (Lipinski definition) is 0. The predicted octanol–water partition coefficient (Wildman–Crippen LogP) is 4.70. The van der Waals surface area contributed by atoms with Gasteiger partial charge in [-0.15, -0.1) is 0 Å². The standard InChI is InChI=1S/C27H19F3N2O3/c1-14(17-6-4-8-19(28)12-17)21-10-11-22(27(34)35)23(24(21)30)25-31-15(2)16(3)32(25)26(33)18-7-5-9-20(29)13-18/h4-13H,1H2,2-3H3,(H,34,35)/p-1. The Morgan fingerprint density at radius 1 is 0.886 bits per heavy atom. The summed E-state index contributed by atoms with van der Waals surface area (Å²) >= 11 is 0. The Bertz CT molecular complexity index is 1520. The maximum Gasteiger partial charge on any atom is 0.263 e. The number of carbonyl (C=O) groups is 2. The van der Waals surface area contributed by atoms with Crippen LogP contribution in [0.2, 0.25) is 0 Å². The lowest BCUT2D eigenvalue weighted by molar-refractivity contribution is -0.255. The molecule has 1 aromatic heterocycles. The molecule has 0 aliphatic heterocycles. The second-order valence-electron chi connectivity index (χ2n) is 7.88. The van der Waals surface area contributed by atoms with Gasteiger partial charge in [0, 0.05) is 22.4 Å². The molecule has 0 aliphatic rings. The van der Waals surface area contributed by atoms with Crippen LogP contribution in [0.5, 0.6) is 0 Å². The minimum atomic E-state index is -1.69. The summed E-state index contributed by atoms with van der Waals surface area (Å²) in [6, 6.07) is 12.6. The van der Waals surface area contributed by atoms with Crippen molar-refractivity contribution >= 4 is 17.4 Å². The van der Waals surface area contributed by atoms with Crippen molar-refractivity contribution in [3.8, 4) is 11.4 Å². The van der Waals surface area contributed by atoms with Crippen LogP contribution in [-0.4, -0.2) is 21.4 Å². The summed E-state index contributed by atoms with van der Waals surface area (Å²) < 4.78 is 44.5. The number of carbonyl (C=O) groups excluding carboxylic acids is 2. The third kappa shape index (κ3) is 4.26. The SMILES string of the molecule is C=C(c1cccc(F)c1)c1ccc(C(=O)[O-])c(-c2nc(C)c(C)n2C(=O)c2cccc(F)c2)c1F. The van der Waals surface area contributed by atoms with Crippen LogP contribution < -0.4 is 5.11 Å². The van der Waals surface area contributed by atoms with Crippen LogP contribution in [0.1, 0.15) is 43.2 Å². The zero-order valence-electron chi connectivity index (χ0n) is 18.7. The Labute approximate surface area is 198 Å². The number of rotatable bonds is 5. The second kappa shape index (κ2) is 9.06. The van der Waals surface area contributed by atoms with Crippen molar-refractivity contribution in [3.63, 3.8) is 0 Å². The van der Waals surface area contributed by atoms with Gasteiger partial charge in [-0.1, -0.05) is 36.9 Å². The number of benzene rings is 3. The number of aromatic carboxylic acids is 1. The van der Waals surface area contributed by atoms with E-state index in [4.69, 9.17) is 0 Å². The lowest BCUT2D eigenvalue weighted by atomic mass is 9.94. The molecule has 8 heteroatoms. The molecule has 0 aliphatic carbocycles. The van der Waals surface area contributed by atoms with E-state index in [2.05, 4.69) is 11.6 Å². The summed E-state index contributed by atoms with van der Waals surface area (Å²) in [5.74, 6) is -4.94. The van der Waals surface area contributed by atoms with Gasteiger partial charge < -0.3 is 9.90 Å². The lowest BCUT2D eigenvalue weighted by Gasteiger charge is -2.17. The fraction of sp³-hybridized carbons (Fsp3) is 0.0741. The quantitative estimate of drug-likeness (QED) is 0.420. The van der Waals surface area contributed by atoms with Crippen LogP contribution in [0.3, 0.4) is 0 Å². The minimum Gasteiger partial charge on any atom is -0.545 e. The largest absolute Gasteiger partial charge is 0.545 e. The van der Waals surface area contributed by atoms with Crippen LogP contribution in [0.15, 0.2) is 67.2 Å². The average Bonchev–Trinajstić information content (AvgIpc) is 3.11. The molecule has 35 heavy (non-hydrogen) atoms. The van der Waals surface area contributed by atoms with E-state index in [-0.39, 0.29) is 28.1 Å². The highest BCUT2D eigenvalue weighted by Gasteiger charge is 2.27. The number of carboxylic acid groups (broad SMARTS) is 1. The van der Waals surface area contributed by atoms with Crippen LogP contribution >= 0.6 is 0 Å². The highest BCUT2D eigenvalue weighted by atomic mass is 19.1. The topological polar surface area (TPSA) is 75.0 Å². The van der Waals surface area contributed by atoms with E-state index in [0.717, 1.165) is 22.8 Å². The van der Waals surface area contributed by atoms with E-state index in [1.807, 2.05) is 0 Å². The van der Waals surface area contributed by atoms with Crippen molar-refractivity contribution in [1.82, 2.24) is 9.55 Å². The molecule has 4 rings (SSSR count). The summed E-state index contributed by atoms with van der Waals surface area (Å²) in [6.45, 7) is 6.96. The van der Waals surface area contributed by atoms with Crippen molar-refractivity contribution in [2.75, 3.05) is 0 Å². The molecule has 0 fully saturated rings. The molecule has 0 unspecified atom stereocenters. The predicted molar refractivity (Wildman–Crippen MR) is 122 cm³/mol. The lowest BCUT2D eigenvalue weighted by Crippen LogP contribution is -2.25. The molecule has 0 atom stereocenters. The summed E-state index contributed by atoms with van der Waals surface area (Å²) in [7, 11) is 0. The van der Waals surface area contributed by atoms with Gasteiger partial charge in [0.15, 0.2) is 5.82 Å². The maximum atomic E-state index is 16.0. The molecule has 0 spiro atoms. The zero-order chi connectivity index (χ0) is 25.4. The first-order chi connectivity index (χ1) is 16.6. The van der Waals surface area contributed by atoms with E-state index in [1.165, 1.54) is 42.5 Å². The van der Waals surface area contributed by atoms with Gasteiger partial charge in [-0.2, -0.15) is 0 Å².